The summed E-state index contributed by atoms with van der Waals surface area (Å²) in [5, 5.41) is 9.16. The van der Waals surface area contributed by atoms with Gasteiger partial charge in [-0.2, -0.15) is 0 Å². The molecule has 0 bridgehead atoms. The lowest BCUT2D eigenvalue weighted by Crippen LogP contribution is -2.11. The highest BCUT2D eigenvalue weighted by Crippen LogP contribution is 2.38. The lowest BCUT2D eigenvalue weighted by atomic mass is 10.0. The van der Waals surface area contributed by atoms with Crippen LogP contribution in [0.5, 0.6) is 0 Å². The SMILES string of the molecule is CCn1c(SC(C(=O)c2ccc(C)cc2)c2ccc(C)cc2)nnc1-c1ccncc1. The van der Waals surface area contributed by atoms with E-state index in [0.717, 1.165) is 33.2 Å². The maximum absolute atomic E-state index is 13.5. The summed E-state index contributed by atoms with van der Waals surface area (Å²) in [5.41, 5.74) is 4.89. The summed E-state index contributed by atoms with van der Waals surface area (Å²) < 4.78 is 2.05. The predicted octanol–water partition coefficient (Wildman–Crippen LogP) is 5.69. The third-order valence-electron chi connectivity index (χ3n) is 5.15. The minimum atomic E-state index is -0.414. The van der Waals surface area contributed by atoms with E-state index >= 15 is 0 Å². The van der Waals surface area contributed by atoms with Crippen molar-refractivity contribution in [1.29, 1.82) is 0 Å². The zero-order valence-electron chi connectivity index (χ0n) is 17.8. The Hall–Kier alpha value is -3.25. The molecule has 2 aromatic heterocycles. The Labute approximate surface area is 186 Å². The lowest BCUT2D eigenvalue weighted by molar-refractivity contribution is 0.0989. The largest absolute Gasteiger partial charge is 0.302 e. The summed E-state index contributed by atoms with van der Waals surface area (Å²) >= 11 is 1.45. The van der Waals surface area contributed by atoms with Crippen molar-refractivity contribution in [2.75, 3.05) is 0 Å². The molecule has 4 aromatic rings. The zero-order valence-corrected chi connectivity index (χ0v) is 18.6. The van der Waals surface area contributed by atoms with Crippen LogP contribution in [0.15, 0.2) is 78.2 Å². The van der Waals surface area contributed by atoms with Crippen LogP contribution in [0.25, 0.3) is 11.4 Å². The Balaban J connectivity index is 1.73. The van der Waals surface area contributed by atoms with Gasteiger partial charge >= 0.3 is 0 Å². The van der Waals surface area contributed by atoms with Crippen LogP contribution in [0.3, 0.4) is 0 Å². The number of ketones is 1. The number of benzene rings is 2. The Morgan fingerprint density at radius 3 is 2.13 bits per heavy atom. The highest BCUT2D eigenvalue weighted by Gasteiger charge is 2.26. The van der Waals surface area contributed by atoms with Crippen molar-refractivity contribution in [3.05, 3.63) is 95.3 Å². The second-order valence-corrected chi connectivity index (χ2v) is 8.50. The first-order valence-electron chi connectivity index (χ1n) is 10.2. The molecule has 1 unspecified atom stereocenters. The van der Waals surface area contributed by atoms with Gasteiger partial charge in [0, 0.05) is 30.1 Å². The van der Waals surface area contributed by atoms with Crippen LogP contribution >= 0.6 is 11.8 Å². The van der Waals surface area contributed by atoms with E-state index in [1.165, 1.54) is 11.8 Å². The molecule has 1 atom stereocenters. The van der Waals surface area contributed by atoms with Crippen LogP contribution in [0.1, 0.15) is 39.2 Å². The minimum absolute atomic E-state index is 0.0602. The zero-order chi connectivity index (χ0) is 21.8. The van der Waals surface area contributed by atoms with E-state index in [9.17, 15) is 4.79 Å². The van der Waals surface area contributed by atoms with Gasteiger partial charge in [-0.25, -0.2) is 0 Å². The van der Waals surface area contributed by atoms with Gasteiger partial charge in [0.25, 0.3) is 0 Å². The average molecular weight is 429 g/mol. The van der Waals surface area contributed by atoms with Gasteiger partial charge in [0.1, 0.15) is 5.25 Å². The lowest BCUT2D eigenvalue weighted by Gasteiger charge is -2.17. The Morgan fingerprint density at radius 2 is 1.52 bits per heavy atom. The minimum Gasteiger partial charge on any atom is -0.302 e. The maximum atomic E-state index is 13.5. The summed E-state index contributed by atoms with van der Waals surface area (Å²) in [6.45, 7) is 6.82. The Bertz CT molecular complexity index is 1170. The summed E-state index contributed by atoms with van der Waals surface area (Å²) in [7, 11) is 0. The van der Waals surface area contributed by atoms with Crippen molar-refractivity contribution in [3.63, 3.8) is 0 Å². The molecule has 0 amide bonds. The van der Waals surface area contributed by atoms with Gasteiger partial charge in [0.15, 0.2) is 16.8 Å². The fraction of sp³-hybridized carbons (Fsp3) is 0.200. The molecule has 31 heavy (non-hydrogen) atoms. The van der Waals surface area contributed by atoms with E-state index in [1.807, 2.05) is 79.1 Å². The van der Waals surface area contributed by atoms with Crippen molar-refractivity contribution >= 4 is 17.5 Å². The summed E-state index contributed by atoms with van der Waals surface area (Å²) in [6, 6.07) is 19.7. The smallest absolute Gasteiger partial charge is 0.192 e. The molecule has 0 aliphatic heterocycles. The van der Waals surface area contributed by atoms with Crippen molar-refractivity contribution in [2.45, 2.75) is 37.7 Å². The third-order valence-corrected chi connectivity index (χ3v) is 6.38. The van der Waals surface area contributed by atoms with Crippen LogP contribution in [-0.2, 0) is 6.54 Å². The van der Waals surface area contributed by atoms with Gasteiger partial charge in [-0.3, -0.25) is 9.78 Å². The normalized spacial score (nSPS) is 12.0. The van der Waals surface area contributed by atoms with Gasteiger partial charge in [0.05, 0.1) is 0 Å². The number of Topliss-reactive ketones (excluding diaryl/α,β-unsaturated/α-hetero) is 1. The number of rotatable bonds is 7. The monoisotopic (exact) mass is 428 g/mol. The number of pyridine rings is 1. The third kappa shape index (κ3) is 4.59. The standard InChI is InChI=1S/C25H24N4OS/c1-4-29-24(21-13-15-26-16-14-21)27-28-25(29)31-23(20-11-7-18(3)8-12-20)22(30)19-9-5-17(2)6-10-19/h5-16,23H,4H2,1-3H3. The molecule has 6 heteroatoms. The van der Waals surface area contributed by atoms with Crippen molar-refractivity contribution in [1.82, 2.24) is 19.7 Å². The molecule has 2 heterocycles. The topological polar surface area (TPSA) is 60.7 Å². The van der Waals surface area contributed by atoms with Crippen molar-refractivity contribution in [3.8, 4) is 11.4 Å². The summed E-state index contributed by atoms with van der Waals surface area (Å²) in [6.07, 6.45) is 3.49. The molecule has 4 rings (SSSR count). The predicted molar refractivity (Wildman–Crippen MR) is 124 cm³/mol. The molecular weight excluding hydrogens is 404 g/mol. The highest BCUT2D eigenvalue weighted by atomic mass is 32.2. The quantitative estimate of drug-likeness (QED) is 0.279. The van der Waals surface area contributed by atoms with Crippen LogP contribution in [0.4, 0.5) is 0 Å². The number of hydrogen-bond acceptors (Lipinski definition) is 5. The molecule has 0 saturated carbocycles. The number of aryl methyl sites for hydroxylation is 2. The van der Waals surface area contributed by atoms with Gasteiger partial charge in [0.2, 0.25) is 0 Å². The fourth-order valence-corrected chi connectivity index (χ4v) is 4.54. The average Bonchev–Trinajstić information content (AvgIpc) is 3.21. The van der Waals surface area contributed by atoms with Crippen LogP contribution in [-0.4, -0.2) is 25.5 Å². The van der Waals surface area contributed by atoms with E-state index in [0.29, 0.717) is 12.1 Å². The second kappa shape index (κ2) is 9.27. The molecule has 0 N–H and O–H groups in total. The number of hydrogen-bond donors (Lipinski definition) is 0. The second-order valence-electron chi connectivity index (χ2n) is 7.43. The molecule has 0 fully saturated rings. The fourth-order valence-electron chi connectivity index (χ4n) is 3.36. The van der Waals surface area contributed by atoms with E-state index in [1.54, 1.807) is 12.4 Å². The number of nitrogens with zero attached hydrogens (tertiary/aromatic N) is 4. The summed E-state index contributed by atoms with van der Waals surface area (Å²) in [4.78, 5) is 17.6. The van der Waals surface area contributed by atoms with Gasteiger partial charge in [-0.1, -0.05) is 71.4 Å². The molecule has 2 aromatic carbocycles. The van der Waals surface area contributed by atoms with Gasteiger partial charge < -0.3 is 4.57 Å². The van der Waals surface area contributed by atoms with Crippen LogP contribution < -0.4 is 0 Å². The number of thioether (sulfide) groups is 1. The molecule has 156 valence electrons. The number of carbonyl (C=O) groups is 1. The molecular formula is C25H24N4OS. The molecule has 0 radical (unpaired) electrons. The Morgan fingerprint density at radius 1 is 0.903 bits per heavy atom. The molecule has 0 aliphatic carbocycles. The molecule has 5 nitrogen and oxygen atoms in total. The van der Waals surface area contributed by atoms with E-state index in [-0.39, 0.29) is 5.78 Å². The van der Waals surface area contributed by atoms with Gasteiger partial charge in [-0.15, -0.1) is 10.2 Å². The molecule has 0 saturated heterocycles. The van der Waals surface area contributed by atoms with Crippen LogP contribution in [0.2, 0.25) is 0 Å². The van der Waals surface area contributed by atoms with E-state index in [2.05, 4.69) is 22.1 Å². The van der Waals surface area contributed by atoms with Crippen molar-refractivity contribution in [2.24, 2.45) is 0 Å². The molecule has 0 aliphatic rings. The summed E-state index contributed by atoms with van der Waals surface area (Å²) in [5.74, 6) is 0.836. The first-order chi connectivity index (χ1) is 15.1. The molecule has 0 spiro atoms. The Kier molecular flexibility index (Phi) is 6.28. The number of aromatic nitrogens is 4. The first kappa shape index (κ1) is 21.0. The number of carbonyl (C=O) groups excluding carboxylic acids is 1. The highest BCUT2D eigenvalue weighted by molar-refractivity contribution is 8.00. The van der Waals surface area contributed by atoms with Gasteiger partial charge in [-0.05, 0) is 38.5 Å². The first-order valence-corrected chi connectivity index (χ1v) is 11.1. The van der Waals surface area contributed by atoms with E-state index in [4.69, 9.17) is 0 Å². The van der Waals surface area contributed by atoms with E-state index < -0.39 is 5.25 Å². The van der Waals surface area contributed by atoms with Crippen molar-refractivity contribution < 1.29 is 4.79 Å². The van der Waals surface area contributed by atoms with Crippen LogP contribution in [0, 0.1) is 13.8 Å². The maximum Gasteiger partial charge on any atom is 0.192 e.